The summed E-state index contributed by atoms with van der Waals surface area (Å²) < 4.78 is 5.99. The molecule has 0 spiro atoms. The van der Waals surface area contributed by atoms with Gasteiger partial charge in [-0.05, 0) is 49.9 Å². The van der Waals surface area contributed by atoms with Crippen LogP contribution in [0.2, 0.25) is 5.02 Å². The van der Waals surface area contributed by atoms with Crippen molar-refractivity contribution in [3.63, 3.8) is 0 Å². The summed E-state index contributed by atoms with van der Waals surface area (Å²) in [5.74, 6) is 1.11. The summed E-state index contributed by atoms with van der Waals surface area (Å²) in [4.78, 5) is 2.11. The molecule has 1 aromatic heterocycles. The summed E-state index contributed by atoms with van der Waals surface area (Å²) >= 11 is 6.06. The van der Waals surface area contributed by atoms with Crippen molar-refractivity contribution in [2.24, 2.45) is 0 Å². The molecule has 0 fully saturated rings. The van der Waals surface area contributed by atoms with Gasteiger partial charge in [0.05, 0.1) is 29.0 Å². The van der Waals surface area contributed by atoms with Gasteiger partial charge in [-0.15, -0.1) is 0 Å². The van der Waals surface area contributed by atoms with Crippen molar-refractivity contribution < 1.29 is 4.74 Å². The molecule has 0 radical (unpaired) electrons. The monoisotopic (exact) mass is 391 g/mol. The molecule has 0 aliphatic rings. The molecule has 0 saturated carbocycles. The van der Waals surface area contributed by atoms with E-state index in [1.165, 1.54) is 0 Å². The number of nitrogens with one attached hydrogen (secondary N) is 1. The highest BCUT2D eigenvalue weighted by Gasteiger charge is 2.15. The quantitative estimate of drug-likeness (QED) is 0.666. The fourth-order valence-corrected chi connectivity index (χ4v) is 3.07. The van der Waals surface area contributed by atoms with Gasteiger partial charge >= 0.3 is 0 Å². The zero-order chi connectivity index (χ0) is 20.1. The number of H-pyrrole nitrogens is 1. The smallest absolute Gasteiger partial charge is 0.172 e. The number of rotatable bonds is 6. The molecule has 140 valence electrons. The van der Waals surface area contributed by atoms with E-state index in [1.54, 1.807) is 18.2 Å². The lowest BCUT2D eigenvalue weighted by atomic mass is 10.1. The van der Waals surface area contributed by atoms with Gasteiger partial charge in [0.2, 0.25) is 0 Å². The molecule has 0 bridgehead atoms. The van der Waals surface area contributed by atoms with E-state index in [-0.39, 0.29) is 0 Å². The van der Waals surface area contributed by atoms with Crippen LogP contribution in [-0.2, 0) is 13.1 Å². The molecule has 7 heteroatoms. The first kappa shape index (κ1) is 19.4. The number of aromatic amines is 1. The zero-order valence-electron chi connectivity index (χ0n) is 15.5. The number of aromatic nitrogens is 2. The fraction of sp³-hybridized carbons (Fsp3) is 0.190. The molecule has 0 aliphatic heterocycles. The molecule has 0 aliphatic carbocycles. The number of benzene rings is 2. The molecular weight excluding hydrogens is 374 g/mol. The normalized spacial score (nSPS) is 10.5. The van der Waals surface area contributed by atoms with Crippen LogP contribution < -0.4 is 4.74 Å². The summed E-state index contributed by atoms with van der Waals surface area (Å²) in [6, 6.07) is 16.6. The van der Waals surface area contributed by atoms with Crippen molar-refractivity contribution in [3.05, 3.63) is 75.6 Å². The van der Waals surface area contributed by atoms with Crippen LogP contribution in [0.4, 0.5) is 0 Å². The second kappa shape index (κ2) is 8.58. The third kappa shape index (κ3) is 4.69. The van der Waals surface area contributed by atoms with Crippen molar-refractivity contribution in [3.8, 4) is 23.6 Å². The maximum Gasteiger partial charge on any atom is 0.172 e. The molecule has 3 aromatic rings. The van der Waals surface area contributed by atoms with Crippen LogP contribution in [0, 0.1) is 29.6 Å². The van der Waals surface area contributed by atoms with E-state index in [0.29, 0.717) is 40.7 Å². The molecule has 0 saturated heterocycles. The van der Waals surface area contributed by atoms with Crippen LogP contribution in [0.1, 0.15) is 28.1 Å². The molecule has 0 unspecified atom stereocenters. The minimum Gasteiger partial charge on any atom is -0.453 e. The van der Waals surface area contributed by atoms with Crippen molar-refractivity contribution in [2.45, 2.75) is 20.0 Å². The van der Waals surface area contributed by atoms with Crippen LogP contribution in [0.5, 0.6) is 11.5 Å². The maximum atomic E-state index is 9.11. The third-order valence-electron chi connectivity index (χ3n) is 4.15. The van der Waals surface area contributed by atoms with Gasteiger partial charge in [0.25, 0.3) is 0 Å². The Morgan fingerprint density at radius 1 is 1.07 bits per heavy atom. The predicted octanol–water partition coefficient (Wildman–Crippen LogP) is 4.54. The molecule has 0 atom stereocenters. The van der Waals surface area contributed by atoms with Crippen molar-refractivity contribution in [2.75, 3.05) is 7.05 Å². The van der Waals surface area contributed by atoms with E-state index in [9.17, 15) is 0 Å². The van der Waals surface area contributed by atoms with E-state index in [4.69, 9.17) is 26.9 Å². The highest BCUT2D eigenvalue weighted by Crippen LogP contribution is 2.30. The second-order valence-electron chi connectivity index (χ2n) is 6.49. The Bertz CT molecular complexity index is 1060. The van der Waals surface area contributed by atoms with Crippen LogP contribution in [-0.4, -0.2) is 22.1 Å². The summed E-state index contributed by atoms with van der Waals surface area (Å²) in [5.41, 5.74) is 3.73. The van der Waals surface area contributed by atoms with Crippen LogP contribution in [0.3, 0.4) is 0 Å². The summed E-state index contributed by atoms with van der Waals surface area (Å²) in [7, 11) is 1.99. The van der Waals surface area contributed by atoms with Gasteiger partial charge in [0.1, 0.15) is 11.4 Å². The van der Waals surface area contributed by atoms with Gasteiger partial charge in [-0.25, -0.2) is 0 Å². The number of hydrogen-bond donors (Lipinski definition) is 1. The Hall–Kier alpha value is -3.32. The van der Waals surface area contributed by atoms with Crippen molar-refractivity contribution >= 4 is 11.6 Å². The lowest BCUT2D eigenvalue weighted by molar-refractivity contribution is 0.309. The van der Waals surface area contributed by atoms with Gasteiger partial charge in [-0.1, -0.05) is 23.7 Å². The molecule has 6 nitrogen and oxygen atoms in total. The Morgan fingerprint density at radius 2 is 1.79 bits per heavy atom. The number of ether oxygens (including phenoxy) is 1. The Kier molecular flexibility index (Phi) is 5.96. The molecule has 1 N–H and O–H groups in total. The SMILES string of the molecule is Cc1n[nH]c(CN(C)Cc2ccc(C#N)cc2)c1Oc1cc(Cl)cc(C#N)c1. The first-order valence-corrected chi connectivity index (χ1v) is 8.96. The van der Waals surface area contributed by atoms with E-state index >= 15 is 0 Å². The first-order valence-electron chi connectivity index (χ1n) is 8.58. The summed E-state index contributed by atoms with van der Waals surface area (Å²) in [5, 5.41) is 25.7. The minimum atomic E-state index is 0.433. The largest absolute Gasteiger partial charge is 0.453 e. The van der Waals surface area contributed by atoms with Crippen LogP contribution in [0.15, 0.2) is 42.5 Å². The van der Waals surface area contributed by atoms with Gasteiger partial charge in [0, 0.05) is 18.1 Å². The molecular formula is C21H18ClN5O. The first-order chi connectivity index (χ1) is 13.5. The standard InChI is InChI=1S/C21H18ClN5O/c1-14-21(28-19-8-17(11-24)7-18(22)9-19)20(26-25-14)13-27(2)12-16-5-3-15(10-23)4-6-16/h3-9H,12-13H2,1-2H3,(H,25,26). The lowest BCUT2D eigenvalue weighted by Gasteiger charge is -2.17. The molecule has 0 amide bonds. The zero-order valence-corrected chi connectivity index (χ0v) is 16.3. The molecule has 28 heavy (non-hydrogen) atoms. The molecule has 2 aromatic carbocycles. The average molecular weight is 392 g/mol. The van der Waals surface area contributed by atoms with Gasteiger partial charge in [-0.3, -0.25) is 10.00 Å². The number of nitriles is 2. The van der Waals surface area contributed by atoms with Crippen molar-refractivity contribution in [1.82, 2.24) is 15.1 Å². The Morgan fingerprint density at radius 3 is 2.46 bits per heavy atom. The van der Waals surface area contributed by atoms with E-state index < -0.39 is 0 Å². The Labute approximate surface area is 168 Å². The minimum absolute atomic E-state index is 0.433. The third-order valence-corrected chi connectivity index (χ3v) is 4.36. The van der Waals surface area contributed by atoms with E-state index in [2.05, 4.69) is 27.2 Å². The Balaban J connectivity index is 1.74. The summed E-state index contributed by atoms with van der Waals surface area (Å²) in [6.07, 6.45) is 0. The number of nitrogens with zero attached hydrogens (tertiary/aromatic N) is 4. The number of aryl methyl sites for hydroxylation is 1. The average Bonchev–Trinajstić information content (AvgIpc) is 3.01. The predicted molar refractivity (Wildman–Crippen MR) is 106 cm³/mol. The van der Waals surface area contributed by atoms with Gasteiger partial charge in [-0.2, -0.15) is 15.6 Å². The highest BCUT2D eigenvalue weighted by molar-refractivity contribution is 6.30. The summed E-state index contributed by atoms with van der Waals surface area (Å²) in [6.45, 7) is 3.15. The maximum absolute atomic E-state index is 9.11. The lowest BCUT2D eigenvalue weighted by Crippen LogP contribution is -2.17. The van der Waals surface area contributed by atoms with Crippen LogP contribution >= 0.6 is 11.6 Å². The second-order valence-corrected chi connectivity index (χ2v) is 6.92. The van der Waals surface area contributed by atoms with Gasteiger partial charge < -0.3 is 4.74 Å². The fourth-order valence-electron chi connectivity index (χ4n) is 2.84. The highest BCUT2D eigenvalue weighted by atomic mass is 35.5. The van der Waals surface area contributed by atoms with E-state index in [0.717, 1.165) is 17.0 Å². The number of hydrogen-bond acceptors (Lipinski definition) is 5. The van der Waals surface area contributed by atoms with Crippen LogP contribution in [0.25, 0.3) is 0 Å². The van der Waals surface area contributed by atoms with E-state index in [1.807, 2.05) is 38.2 Å². The van der Waals surface area contributed by atoms with Crippen molar-refractivity contribution in [1.29, 1.82) is 10.5 Å². The topological polar surface area (TPSA) is 88.7 Å². The van der Waals surface area contributed by atoms with Gasteiger partial charge in [0.15, 0.2) is 5.75 Å². The molecule has 3 rings (SSSR count). The number of halogens is 1. The molecule has 1 heterocycles.